The van der Waals surface area contributed by atoms with E-state index in [1.807, 2.05) is 6.92 Å². The molecule has 1 aromatic heterocycles. The van der Waals surface area contributed by atoms with Crippen molar-refractivity contribution in [1.29, 1.82) is 0 Å². The first-order valence-electron chi connectivity index (χ1n) is 5.66. The van der Waals surface area contributed by atoms with E-state index in [0.717, 1.165) is 22.3 Å². The predicted molar refractivity (Wildman–Crippen MR) is 71.7 cm³/mol. The van der Waals surface area contributed by atoms with Crippen LogP contribution in [0.4, 0.5) is 4.39 Å². The lowest BCUT2D eigenvalue weighted by molar-refractivity contribution is 0.600. The highest BCUT2D eigenvalue weighted by Crippen LogP contribution is 2.27. The van der Waals surface area contributed by atoms with Crippen molar-refractivity contribution in [2.75, 3.05) is 6.54 Å². The number of rotatable bonds is 4. The molecule has 0 bridgehead atoms. The number of aromatic nitrogens is 2. The molecule has 1 unspecified atom stereocenters. The SMILES string of the molecule is CCNC(c1cnccn1)c1ccc(F)cc1Br. The zero-order valence-corrected chi connectivity index (χ0v) is 11.5. The molecule has 0 aliphatic carbocycles. The van der Waals surface area contributed by atoms with E-state index in [4.69, 9.17) is 0 Å². The van der Waals surface area contributed by atoms with Crippen LogP contribution in [-0.4, -0.2) is 16.5 Å². The zero-order chi connectivity index (χ0) is 13.0. The molecule has 3 nitrogen and oxygen atoms in total. The van der Waals surface area contributed by atoms with E-state index in [-0.39, 0.29) is 11.9 Å². The Morgan fingerprint density at radius 1 is 1.39 bits per heavy atom. The minimum absolute atomic E-state index is 0.0984. The summed E-state index contributed by atoms with van der Waals surface area (Å²) in [5.41, 5.74) is 1.76. The Hall–Kier alpha value is -1.33. The van der Waals surface area contributed by atoms with Gasteiger partial charge in [-0.3, -0.25) is 9.97 Å². The molecule has 1 N–H and O–H groups in total. The van der Waals surface area contributed by atoms with Crippen molar-refractivity contribution in [3.63, 3.8) is 0 Å². The van der Waals surface area contributed by atoms with Gasteiger partial charge in [0.25, 0.3) is 0 Å². The third-order valence-electron chi connectivity index (χ3n) is 2.56. The van der Waals surface area contributed by atoms with Crippen molar-refractivity contribution in [3.8, 4) is 0 Å². The topological polar surface area (TPSA) is 37.8 Å². The highest BCUT2D eigenvalue weighted by atomic mass is 79.9. The average Bonchev–Trinajstić information content (AvgIpc) is 2.38. The van der Waals surface area contributed by atoms with Gasteiger partial charge in [-0.05, 0) is 24.2 Å². The maximum Gasteiger partial charge on any atom is 0.124 e. The van der Waals surface area contributed by atoms with Gasteiger partial charge in [0.1, 0.15) is 5.82 Å². The van der Waals surface area contributed by atoms with Gasteiger partial charge in [0.2, 0.25) is 0 Å². The largest absolute Gasteiger partial charge is 0.305 e. The summed E-state index contributed by atoms with van der Waals surface area (Å²) in [5, 5.41) is 3.32. The van der Waals surface area contributed by atoms with Crippen molar-refractivity contribution in [2.45, 2.75) is 13.0 Å². The van der Waals surface area contributed by atoms with Crippen LogP contribution in [0, 0.1) is 5.82 Å². The van der Waals surface area contributed by atoms with Crippen LogP contribution in [0.15, 0.2) is 41.3 Å². The molecule has 5 heteroatoms. The first-order chi connectivity index (χ1) is 8.72. The van der Waals surface area contributed by atoms with Crippen LogP contribution >= 0.6 is 15.9 Å². The first-order valence-corrected chi connectivity index (χ1v) is 6.46. The molecular formula is C13H13BrFN3. The van der Waals surface area contributed by atoms with Crippen LogP contribution in [0.5, 0.6) is 0 Å². The van der Waals surface area contributed by atoms with E-state index in [1.54, 1.807) is 24.7 Å². The lowest BCUT2D eigenvalue weighted by atomic mass is 10.0. The van der Waals surface area contributed by atoms with Gasteiger partial charge in [-0.1, -0.05) is 28.9 Å². The van der Waals surface area contributed by atoms with Crippen LogP contribution in [-0.2, 0) is 0 Å². The second-order valence-electron chi connectivity index (χ2n) is 3.79. The monoisotopic (exact) mass is 309 g/mol. The molecule has 0 radical (unpaired) electrons. The fourth-order valence-corrected chi connectivity index (χ4v) is 2.35. The van der Waals surface area contributed by atoms with Gasteiger partial charge >= 0.3 is 0 Å². The van der Waals surface area contributed by atoms with Crippen molar-refractivity contribution >= 4 is 15.9 Å². The zero-order valence-electron chi connectivity index (χ0n) is 9.90. The van der Waals surface area contributed by atoms with Gasteiger partial charge in [0, 0.05) is 16.9 Å². The van der Waals surface area contributed by atoms with Gasteiger partial charge in [0.05, 0.1) is 17.9 Å². The average molecular weight is 310 g/mol. The van der Waals surface area contributed by atoms with Gasteiger partial charge in [-0.2, -0.15) is 0 Å². The smallest absolute Gasteiger partial charge is 0.124 e. The lowest BCUT2D eigenvalue weighted by Crippen LogP contribution is -2.23. The summed E-state index contributed by atoms with van der Waals surface area (Å²) < 4.78 is 13.8. The van der Waals surface area contributed by atoms with E-state index in [0.29, 0.717) is 0 Å². The van der Waals surface area contributed by atoms with Crippen molar-refractivity contribution in [2.24, 2.45) is 0 Å². The Labute approximate surface area is 114 Å². The van der Waals surface area contributed by atoms with E-state index < -0.39 is 0 Å². The summed E-state index contributed by atoms with van der Waals surface area (Å²) in [7, 11) is 0. The Morgan fingerprint density at radius 2 is 2.22 bits per heavy atom. The molecule has 0 amide bonds. The van der Waals surface area contributed by atoms with Gasteiger partial charge < -0.3 is 5.32 Å². The van der Waals surface area contributed by atoms with Crippen LogP contribution in [0.25, 0.3) is 0 Å². The second kappa shape index (κ2) is 6.02. The molecule has 0 saturated heterocycles. The second-order valence-corrected chi connectivity index (χ2v) is 4.64. The maximum absolute atomic E-state index is 13.1. The third kappa shape index (κ3) is 2.91. The van der Waals surface area contributed by atoms with Crippen molar-refractivity contribution < 1.29 is 4.39 Å². The molecule has 2 aromatic rings. The highest BCUT2D eigenvalue weighted by molar-refractivity contribution is 9.10. The van der Waals surface area contributed by atoms with E-state index >= 15 is 0 Å². The van der Waals surface area contributed by atoms with Crippen LogP contribution in [0.2, 0.25) is 0 Å². The summed E-state index contributed by atoms with van der Waals surface area (Å²) in [6, 6.07) is 4.55. The summed E-state index contributed by atoms with van der Waals surface area (Å²) >= 11 is 3.39. The molecule has 0 aliphatic heterocycles. The van der Waals surface area contributed by atoms with Crippen molar-refractivity contribution in [1.82, 2.24) is 15.3 Å². The fraction of sp³-hybridized carbons (Fsp3) is 0.231. The van der Waals surface area contributed by atoms with Gasteiger partial charge in [0.15, 0.2) is 0 Å². The maximum atomic E-state index is 13.1. The normalized spacial score (nSPS) is 12.4. The Balaban J connectivity index is 2.41. The molecule has 0 fully saturated rings. The van der Waals surface area contributed by atoms with Crippen LogP contribution < -0.4 is 5.32 Å². The first kappa shape index (κ1) is 13.1. The molecule has 0 spiro atoms. The number of hydrogen-bond donors (Lipinski definition) is 1. The molecule has 1 heterocycles. The van der Waals surface area contributed by atoms with Crippen LogP contribution in [0.1, 0.15) is 24.2 Å². The quantitative estimate of drug-likeness (QED) is 0.943. The predicted octanol–water partition coefficient (Wildman–Crippen LogP) is 3.08. The summed E-state index contributed by atoms with van der Waals surface area (Å²) in [6.07, 6.45) is 4.99. The van der Waals surface area contributed by atoms with E-state index in [9.17, 15) is 4.39 Å². The molecular weight excluding hydrogens is 297 g/mol. The molecule has 1 aromatic carbocycles. The standard InChI is InChI=1S/C13H13BrFN3/c1-2-17-13(12-8-16-5-6-18-12)10-4-3-9(15)7-11(10)14/h3-8,13,17H,2H2,1H3. The minimum Gasteiger partial charge on any atom is -0.305 e. The molecule has 0 aliphatic rings. The summed E-state index contributed by atoms with van der Waals surface area (Å²) in [4.78, 5) is 8.37. The summed E-state index contributed by atoms with van der Waals surface area (Å²) in [6.45, 7) is 2.80. The van der Waals surface area contributed by atoms with Crippen LogP contribution in [0.3, 0.4) is 0 Å². The Kier molecular flexibility index (Phi) is 4.38. The minimum atomic E-state index is -0.264. The van der Waals surface area contributed by atoms with Crippen molar-refractivity contribution in [3.05, 3.63) is 58.3 Å². The third-order valence-corrected chi connectivity index (χ3v) is 3.25. The van der Waals surface area contributed by atoms with E-state index in [2.05, 4.69) is 31.2 Å². The highest BCUT2D eigenvalue weighted by Gasteiger charge is 2.17. The molecule has 94 valence electrons. The molecule has 2 rings (SSSR count). The Morgan fingerprint density at radius 3 is 2.83 bits per heavy atom. The number of benzene rings is 1. The lowest BCUT2D eigenvalue weighted by Gasteiger charge is -2.18. The number of halogens is 2. The molecule has 1 atom stereocenters. The van der Waals surface area contributed by atoms with Gasteiger partial charge in [-0.15, -0.1) is 0 Å². The fourth-order valence-electron chi connectivity index (χ4n) is 1.77. The summed E-state index contributed by atoms with van der Waals surface area (Å²) in [5.74, 6) is -0.264. The number of nitrogens with zero attached hydrogens (tertiary/aromatic N) is 2. The number of hydrogen-bond acceptors (Lipinski definition) is 3. The Bertz CT molecular complexity index is 519. The number of nitrogens with one attached hydrogen (secondary N) is 1. The molecule has 0 saturated carbocycles. The van der Waals surface area contributed by atoms with E-state index in [1.165, 1.54) is 12.1 Å². The van der Waals surface area contributed by atoms with Gasteiger partial charge in [-0.25, -0.2) is 4.39 Å². The molecule has 18 heavy (non-hydrogen) atoms.